The number of methoxy groups -OCH3 is 1. The number of rotatable bonds is 8. The second kappa shape index (κ2) is 9.62. The zero-order valence-corrected chi connectivity index (χ0v) is 12.7. The van der Waals surface area contributed by atoms with E-state index in [4.69, 9.17) is 17.0 Å². The van der Waals surface area contributed by atoms with Crippen LogP contribution in [0.3, 0.4) is 0 Å². The molecule has 0 aromatic heterocycles. The van der Waals surface area contributed by atoms with Gasteiger partial charge in [-0.25, -0.2) is 0 Å². The molecule has 0 saturated heterocycles. The first kappa shape index (κ1) is 15.8. The van der Waals surface area contributed by atoms with Crippen molar-refractivity contribution in [3.8, 4) is 5.75 Å². The molecule has 0 bridgehead atoms. The maximum Gasteiger partial charge on any atom is 0.170 e. The molecule has 0 unspecified atom stereocenters. The van der Waals surface area contributed by atoms with Crippen LogP contribution in [0.1, 0.15) is 39.0 Å². The molecule has 0 aliphatic heterocycles. The number of benzene rings is 1. The molecular formula is C15H24N2OS. The summed E-state index contributed by atoms with van der Waals surface area (Å²) in [5.41, 5.74) is 0.897. The van der Waals surface area contributed by atoms with E-state index in [1.165, 1.54) is 25.7 Å². The van der Waals surface area contributed by atoms with Gasteiger partial charge in [0.15, 0.2) is 5.11 Å². The number of anilines is 1. The molecule has 3 nitrogen and oxygen atoms in total. The Kier molecular flexibility index (Phi) is 7.98. The van der Waals surface area contributed by atoms with Crippen molar-refractivity contribution in [3.63, 3.8) is 0 Å². The highest BCUT2D eigenvalue weighted by molar-refractivity contribution is 7.80. The van der Waals surface area contributed by atoms with E-state index in [0.717, 1.165) is 24.4 Å². The third kappa shape index (κ3) is 6.43. The van der Waals surface area contributed by atoms with E-state index < -0.39 is 0 Å². The van der Waals surface area contributed by atoms with E-state index >= 15 is 0 Å². The monoisotopic (exact) mass is 280 g/mol. The van der Waals surface area contributed by atoms with Crippen LogP contribution in [0.4, 0.5) is 5.69 Å². The van der Waals surface area contributed by atoms with Crippen LogP contribution in [0, 0.1) is 0 Å². The van der Waals surface area contributed by atoms with E-state index in [-0.39, 0.29) is 0 Å². The van der Waals surface area contributed by atoms with Crippen LogP contribution in [0.5, 0.6) is 5.75 Å². The highest BCUT2D eigenvalue weighted by Crippen LogP contribution is 2.22. The average Bonchev–Trinajstić information content (AvgIpc) is 2.43. The molecule has 0 aliphatic carbocycles. The quantitative estimate of drug-likeness (QED) is 0.558. The van der Waals surface area contributed by atoms with E-state index in [2.05, 4.69) is 17.6 Å². The summed E-state index contributed by atoms with van der Waals surface area (Å²) < 4.78 is 5.27. The van der Waals surface area contributed by atoms with Crippen molar-refractivity contribution < 1.29 is 4.74 Å². The fourth-order valence-corrected chi connectivity index (χ4v) is 2.06. The van der Waals surface area contributed by atoms with E-state index in [1.807, 2.05) is 24.3 Å². The van der Waals surface area contributed by atoms with Gasteiger partial charge in [0.2, 0.25) is 0 Å². The van der Waals surface area contributed by atoms with Crippen molar-refractivity contribution in [1.29, 1.82) is 0 Å². The van der Waals surface area contributed by atoms with Gasteiger partial charge in [-0.15, -0.1) is 0 Å². The van der Waals surface area contributed by atoms with Crippen LogP contribution < -0.4 is 15.4 Å². The van der Waals surface area contributed by atoms with Gasteiger partial charge in [-0.3, -0.25) is 0 Å². The van der Waals surface area contributed by atoms with Gasteiger partial charge in [-0.1, -0.05) is 44.7 Å². The zero-order valence-electron chi connectivity index (χ0n) is 11.9. The lowest BCUT2D eigenvalue weighted by Gasteiger charge is -2.13. The topological polar surface area (TPSA) is 33.3 Å². The van der Waals surface area contributed by atoms with Gasteiger partial charge in [0, 0.05) is 6.54 Å². The number of unbranched alkanes of at least 4 members (excludes halogenated alkanes) is 4. The summed E-state index contributed by atoms with van der Waals surface area (Å²) in [6, 6.07) is 7.76. The lowest BCUT2D eigenvalue weighted by Crippen LogP contribution is -2.29. The molecule has 0 fully saturated rings. The number of hydrogen-bond acceptors (Lipinski definition) is 2. The van der Waals surface area contributed by atoms with Gasteiger partial charge in [0.25, 0.3) is 0 Å². The predicted octanol–water partition coefficient (Wildman–Crippen LogP) is 3.95. The van der Waals surface area contributed by atoms with E-state index in [0.29, 0.717) is 5.11 Å². The standard InChI is InChI=1S/C15H24N2OS/c1-3-4-5-6-9-12-16-15(19)17-13-10-7-8-11-14(13)18-2/h7-8,10-11H,3-6,9,12H2,1-2H3,(H2,16,17,19). The molecule has 0 atom stereocenters. The second-order valence-electron chi connectivity index (χ2n) is 4.50. The highest BCUT2D eigenvalue weighted by Gasteiger charge is 2.02. The van der Waals surface area contributed by atoms with Gasteiger partial charge in [0.1, 0.15) is 5.75 Å². The van der Waals surface area contributed by atoms with Gasteiger partial charge in [-0.05, 0) is 30.8 Å². The molecular weight excluding hydrogens is 256 g/mol. The van der Waals surface area contributed by atoms with E-state index in [1.54, 1.807) is 7.11 Å². The maximum absolute atomic E-state index is 5.27. The van der Waals surface area contributed by atoms with Crippen molar-refractivity contribution >= 4 is 23.0 Å². The Morgan fingerprint density at radius 1 is 1.16 bits per heavy atom. The molecule has 19 heavy (non-hydrogen) atoms. The molecule has 1 rings (SSSR count). The molecule has 106 valence electrons. The van der Waals surface area contributed by atoms with Crippen molar-refractivity contribution in [1.82, 2.24) is 5.32 Å². The Balaban J connectivity index is 2.23. The van der Waals surface area contributed by atoms with E-state index in [9.17, 15) is 0 Å². The minimum Gasteiger partial charge on any atom is -0.495 e. The average molecular weight is 280 g/mol. The molecule has 0 amide bonds. The van der Waals surface area contributed by atoms with Gasteiger partial charge in [0.05, 0.1) is 12.8 Å². The fraction of sp³-hybridized carbons (Fsp3) is 0.533. The first-order valence-corrected chi connectivity index (χ1v) is 7.36. The fourth-order valence-electron chi connectivity index (χ4n) is 1.84. The number of hydrogen-bond donors (Lipinski definition) is 2. The molecule has 0 radical (unpaired) electrons. The predicted molar refractivity (Wildman–Crippen MR) is 86.0 cm³/mol. The molecule has 1 aromatic rings. The molecule has 0 heterocycles. The lowest BCUT2D eigenvalue weighted by molar-refractivity contribution is 0.417. The smallest absolute Gasteiger partial charge is 0.170 e. The van der Waals surface area contributed by atoms with Crippen LogP contribution in [0.25, 0.3) is 0 Å². The Bertz CT molecular complexity index is 382. The second-order valence-corrected chi connectivity index (χ2v) is 4.90. The van der Waals surface area contributed by atoms with Crippen molar-refractivity contribution in [2.24, 2.45) is 0 Å². The van der Waals surface area contributed by atoms with Crippen LogP contribution in [0.2, 0.25) is 0 Å². The summed E-state index contributed by atoms with van der Waals surface area (Å²) in [5.74, 6) is 0.801. The highest BCUT2D eigenvalue weighted by atomic mass is 32.1. The van der Waals surface area contributed by atoms with Crippen molar-refractivity contribution in [2.45, 2.75) is 39.0 Å². The van der Waals surface area contributed by atoms with Crippen molar-refractivity contribution in [2.75, 3.05) is 19.0 Å². The third-order valence-corrected chi connectivity index (χ3v) is 3.17. The van der Waals surface area contributed by atoms with Crippen LogP contribution in [0.15, 0.2) is 24.3 Å². The zero-order chi connectivity index (χ0) is 13.9. The van der Waals surface area contributed by atoms with Gasteiger partial charge < -0.3 is 15.4 Å². The van der Waals surface area contributed by atoms with Gasteiger partial charge in [-0.2, -0.15) is 0 Å². The van der Waals surface area contributed by atoms with Crippen LogP contribution in [-0.2, 0) is 0 Å². The number of para-hydroxylation sites is 2. The minimum absolute atomic E-state index is 0.653. The summed E-state index contributed by atoms with van der Waals surface area (Å²) >= 11 is 5.27. The summed E-state index contributed by atoms with van der Waals surface area (Å²) in [5, 5.41) is 7.04. The Hall–Kier alpha value is -1.29. The summed E-state index contributed by atoms with van der Waals surface area (Å²) in [6.45, 7) is 3.15. The van der Waals surface area contributed by atoms with Crippen LogP contribution in [-0.4, -0.2) is 18.8 Å². The molecule has 0 aliphatic rings. The lowest BCUT2D eigenvalue weighted by atomic mass is 10.1. The first-order chi connectivity index (χ1) is 9.27. The van der Waals surface area contributed by atoms with Crippen LogP contribution >= 0.6 is 12.2 Å². The maximum atomic E-state index is 5.27. The largest absolute Gasteiger partial charge is 0.495 e. The summed E-state index contributed by atoms with van der Waals surface area (Å²) in [7, 11) is 1.66. The Labute approximate surface area is 121 Å². The van der Waals surface area contributed by atoms with Gasteiger partial charge >= 0.3 is 0 Å². The number of nitrogens with one attached hydrogen (secondary N) is 2. The molecule has 2 N–H and O–H groups in total. The molecule has 0 saturated carbocycles. The minimum atomic E-state index is 0.653. The Morgan fingerprint density at radius 2 is 1.89 bits per heavy atom. The molecule has 1 aromatic carbocycles. The number of thiocarbonyl (C=S) groups is 1. The summed E-state index contributed by atoms with van der Waals surface area (Å²) in [6.07, 6.45) is 6.34. The van der Waals surface area contributed by atoms with Crippen molar-refractivity contribution in [3.05, 3.63) is 24.3 Å². The SMILES string of the molecule is CCCCCCCNC(=S)Nc1ccccc1OC. The summed E-state index contributed by atoms with van der Waals surface area (Å²) in [4.78, 5) is 0. The molecule has 0 spiro atoms. The first-order valence-electron chi connectivity index (χ1n) is 6.95. The number of ether oxygens (including phenoxy) is 1. The third-order valence-electron chi connectivity index (χ3n) is 2.92. The normalized spacial score (nSPS) is 10.0. The molecule has 4 heteroatoms. The Morgan fingerprint density at radius 3 is 2.63 bits per heavy atom.